The van der Waals surface area contributed by atoms with Crippen molar-refractivity contribution in [3.63, 3.8) is 0 Å². The van der Waals surface area contributed by atoms with E-state index < -0.39 is 9.85 Å². The Hall–Kier alpha value is -3.36. The van der Waals surface area contributed by atoms with E-state index in [4.69, 9.17) is 9.47 Å². The average Bonchev–Trinajstić information content (AvgIpc) is 2.98. The smallest absolute Gasteiger partial charge is 0.281 e. The predicted octanol–water partition coefficient (Wildman–Crippen LogP) is 3.64. The van der Waals surface area contributed by atoms with Crippen LogP contribution in [0.25, 0.3) is 0 Å². The lowest BCUT2D eigenvalue weighted by Gasteiger charge is -2.23. The third kappa shape index (κ3) is 3.23. The average molecular weight is 373 g/mol. The van der Waals surface area contributed by atoms with E-state index in [1.807, 2.05) is 24.0 Å². The number of benzene rings is 2. The summed E-state index contributed by atoms with van der Waals surface area (Å²) in [5.74, 6) is 1.18. The van der Waals surface area contributed by atoms with Crippen molar-refractivity contribution in [2.75, 3.05) is 25.7 Å². The van der Waals surface area contributed by atoms with Gasteiger partial charge in [0.15, 0.2) is 11.5 Å². The number of ether oxygens (including phenoxy) is 2. The van der Waals surface area contributed by atoms with Crippen molar-refractivity contribution >= 4 is 17.1 Å². The molecule has 0 spiro atoms. The molecule has 1 aliphatic heterocycles. The summed E-state index contributed by atoms with van der Waals surface area (Å²) in [4.78, 5) is 23.2. The fourth-order valence-electron chi connectivity index (χ4n) is 3.43. The van der Waals surface area contributed by atoms with E-state index in [-0.39, 0.29) is 17.4 Å². The van der Waals surface area contributed by atoms with Gasteiger partial charge in [0.2, 0.25) is 0 Å². The molecule has 142 valence electrons. The third-order valence-electron chi connectivity index (χ3n) is 4.71. The predicted molar refractivity (Wildman–Crippen MR) is 98.8 cm³/mol. The Kier molecular flexibility index (Phi) is 4.85. The molecule has 0 saturated heterocycles. The Morgan fingerprint density at radius 3 is 2.48 bits per heavy atom. The van der Waals surface area contributed by atoms with Crippen LogP contribution in [0, 0.1) is 20.2 Å². The molecular formula is C18H19N3O6. The Bertz CT molecular complexity index is 914. The van der Waals surface area contributed by atoms with Crippen molar-refractivity contribution in [3.05, 3.63) is 61.7 Å². The lowest BCUT2D eigenvalue weighted by atomic mass is 10.0. The summed E-state index contributed by atoms with van der Waals surface area (Å²) in [6.45, 7) is 2.38. The van der Waals surface area contributed by atoms with E-state index >= 15 is 0 Å². The highest BCUT2D eigenvalue weighted by Crippen LogP contribution is 2.46. The van der Waals surface area contributed by atoms with Gasteiger partial charge in [0.25, 0.3) is 11.4 Å². The van der Waals surface area contributed by atoms with Crippen LogP contribution < -0.4 is 14.4 Å². The van der Waals surface area contributed by atoms with Gasteiger partial charge in [-0.25, -0.2) is 0 Å². The van der Waals surface area contributed by atoms with Crippen molar-refractivity contribution < 1.29 is 19.3 Å². The number of nitro groups is 2. The summed E-state index contributed by atoms with van der Waals surface area (Å²) >= 11 is 0. The molecule has 0 aromatic heterocycles. The highest BCUT2D eigenvalue weighted by atomic mass is 16.6. The number of hydrogen-bond acceptors (Lipinski definition) is 7. The molecule has 9 heteroatoms. The summed E-state index contributed by atoms with van der Waals surface area (Å²) in [5, 5.41) is 22.6. The second kappa shape index (κ2) is 7.10. The molecule has 1 unspecified atom stereocenters. The molecule has 0 aliphatic carbocycles. The van der Waals surface area contributed by atoms with Crippen LogP contribution in [0.15, 0.2) is 30.3 Å². The zero-order chi connectivity index (χ0) is 19.7. The van der Waals surface area contributed by atoms with Crippen LogP contribution in [0.4, 0.5) is 17.1 Å². The first kappa shape index (κ1) is 18.4. The first-order valence-corrected chi connectivity index (χ1v) is 8.36. The van der Waals surface area contributed by atoms with Gasteiger partial charge in [-0.15, -0.1) is 0 Å². The van der Waals surface area contributed by atoms with Gasteiger partial charge >= 0.3 is 0 Å². The molecule has 1 atom stereocenters. The quantitative estimate of drug-likeness (QED) is 0.562. The summed E-state index contributed by atoms with van der Waals surface area (Å²) in [6.07, 6.45) is 0.372. The summed E-state index contributed by atoms with van der Waals surface area (Å²) < 4.78 is 10.9. The molecule has 1 aliphatic rings. The molecule has 9 nitrogen and oxygen atoms in total. The van der Waals surface area contributed by atoms with Crippen molar-refractivity contribution in [1.29, 1.82) is 0 Å². The summed E-state index contributed by atoms with van der Waals surface area (Å²) in [6, 6.07) is 7.71. The normalized spacial score (nSPS) is 15.4. The monoisotopic (exact) mass is 373 g/mol. The van der Waals surface area contributed by atoms with E-state index in [9.17, 15) is 20.2 Å². The van der Waals surface area contributed by atoms with E-state index in [0.717, 1.165) is 11.6 Å². The number of fused-ring (bicyclic) bond motifs is 1. The molecular weight excluding hydrogens is 354 g/mol. The lowest BCUT2D eigenvalue weighted by Crippen LogP contribution is -2.19. The van der Waals surface area contributed by atoms with Crippen LogP contribution in [-0.2, 0) is 6.42 Å². The standard InChI is InChI=1S/C18H19N3O6/c1-4-27-17-6-5-11(7-18(17)26-3)14-10-13-15(19(14)2)8-12(20(22)23)9-16(13)21(24)25/h5-9,14H,4,10H2,1-3H3. The zero-order valence-electron chi connectivity index (χ0n) is 15.2. The molecule has 27 heavy (non-hydrogen) atoms. The molecule has 0 amide bonds. The molecule has 3 rings (SSSR count). The maximum Gasteiger partial charge on any atom is 0.281 e. The molecule has 0 fully saturated rings. The van der Waals surface area contributed by atoms with Crippen LogP contribution in [0.2, 0.25) is 0 Å². The number of anilines is 1. The first-order valence-electron chi connectivity index (χ1n) is 8.36. The number of rotatable bonds is 6. The summed E-state index contributed by atoms with van der Waals surface area (Å²) in [7, 11) is 3.32. The minimum absolute atomic E-state index is 0.203. The fraction of sp³-hybridized carbons (Fsp3) is 0.333. The molecule has 2 aromatic carbocycles. The Balaban J connectivity index is 2.04. The van der Waals surface area contributed by atoms with Crippen molar-refractivity contribution in [3.8, 4) is 11.5 Å². The molecule has 0 saturated carbocycles. The highest BCUT2D eigenvalue weighted by molar-refractivity contribution is 5.71. The van der Waals surface area contributed by atoms with Gasteiger partial charge in [0.05, 0.1) is 46.9 Å². The van der Waals surface area contributed by atoms with Crippen LogP contribution >= 0.6 is 0 Å². The SMILES string of the molecule is CCOc1ccc(C2Cc3c(cc([N+](=O)[O-])cc3[N+](=O)[O-])N2C)cc1OC. The van der Waals surface area contributed by atoms with Gasteiger partial charge in [-0.1, -0.05) is 6.07 Å². The van der Waals surface area contributed by atoms with Gasteiger partial charge in [-0.2, -0.15) is 0 Å². The number of methoxy groups -OCH3 is 1. The number of nitrogens with zero attached hydrogens (tertiary/aromatic N) is 3. The maximum absolute atomic E-state index is 11.4. The van der Waals surface area contributed by atoms with Gasteiger partial charge < -0.3 is 14.4 Å². The zero-order valence-corrected chi connectivity index (χ0v) is 15.2. The number of non-ortho nitro benzene ring substituents is 1. The van der Waals surface area contributed by atoms with E-state index in [2.05, 4.69) is 0 Å². The van der Waals surface area contributed by atoms with E-state index in [1.165, 1.54) is 6.07 Å². The van der Waals surface area contributed by atoms with E-state index in [1.54, 1.807) is 20.2 Å². The second-order valence-electron chi connectivity index (χ2n) is 6.15. The minimum Gasteiger partial charge on any atom is -0.493 e. The van der Waals surface area contributed by atoms with Gasteiger partial charge in [0, 0.05) is 19.5 Å². The molecule has 0 radical (unpaired) electrons. The van der Waals surface area contributed by atoms with Crippen molar-refractivity contribution in [2.24, 2.45) is 0 Å². The van der Waals surface area contributed by atoms with Crippen LogP contribution in [-0.4, -0.2) is 30.6 Å². The van der Waals surface area contributed by atoms with Gasteiger partial charge in [-0.05, 0) is 24.6 Å². The molecule has 2 aromatic rings. The number of likely N-dealkylation sites (N-methyl/N-ethyl adjacent to an activating group) is 1. The van der Waals surface area contributed by atoms with E-state index in [0.29, 0.717) is 35.8 Å². The van der Waals surface area contributed by atoms with Gasteiger partial charge in [-0.3, -0.25) is 20.2 Å². The second-order valence-corrected chi connectivity index (χ2v) is 6.15. The number of nitro benzene ring substituents is 2. The lowest BCUT2D eigenvalue weighted by molar-refractivity contribution is -0.394. The number of hydrogen-bond donors (Lipinski definition) is 0. The molecule has 0 N–H and O–H groups in total. The van der Waals surface area contributed by atoms with Crippen LogP contribution in [0.3, 0.4) is 0 Å². The molecule has 0 bridgehead atoms. The Morgan fingerprint density at radius 1 is 1.15 bits per heavy atom. The highest BCUT2D eigenvalue weighted by Gasteiger charge is 2.36. The van der Waals surface area contributed by atoms with Gasteiger partial charge in [0.1, 0.15) is 0 Å². The van der Waals surface area contributed by atoms with Crippen molar-refractivity contribution in [1.82, 2.24) is 0 Å². The third-order valence-corrected chi connectivity index (χ3v) is 4.71. The largest absolute Gasteiger partial charge is 0.493 e. The first-order chi connectivity index (χ1) is 12.9. The maximum atomic E-state index is 11.4. The minimum atomic E-state index is -0.617. The van der Waals surface area contributed by atoms with Crippen LogP contribution in [0.5, 0.6) is 11.5 Å². The topological polar surface area (TPSA) is 108 Å². The van der Waals surface area contributed by atoms with Crippen LogP contribution in [0.1, 0.15) is 24.1 Å². The summed E-state index contributed by atoms with van der Waals surface area (Å²) in [5.41, 5.74) is 1.34. The fourth-order valence-corrected chi connectivity index (χ4v) is 3.43. The Morgan fingerprint density at radius 2 is 1.89 bits per heavy atom. The van der Waals surface area contributed by atoms with Crippen molar-refractivity contribution in [2.45, 2.75) is 19.4 Å². The molecule has 1 heterocycles. The Labute approximate surface area is 155 Å².